The smallest absolute Gasteiger partial charge is 0.234 e. The molecule has 5 rings (SSSR count). The van der Waals surface area contributed by atoms with E-state index in [2.05, 4.69) is 10.3 Å². The first-order valence-corrected chi connectivity index (χ1v) is 7.86. The molecule has 1 aromatic carbocycles. The Labute approximate surface area is 137 Å². The van der Waals surface area contributed by atoms with Gasteiger partial charge < -0.3 is 14.1 Å². The monoisotopic (exact) mass is 317 g/mol. The maximum atomic E-state index is 12.1. The van der Waals surface area contributed by atoms with Crippen LogP contribution >= 0.6 is 0 Å². The van der Waals surface area contributed by atoms with Gasteiger partial charge in [0.2, 0.25) is 11.8 Å². The second-order valence-corrected chi connectivity index (χ2v) is 6.73. The highest BCUT2D eigenvalue weighted by molar-refractivity contribution is 6.07. The largest absolute Gasteiger partial charge is 0.436 e. The molecular formula is C19H15N3O2. The second kappa shape index (κ2) is 4.26. The summed E-state index contributed by atoms with van der Waals surface area (Å²) in [5.74, 6) is 0.588. The molecule has 4 heterocycles. The quantitative estimate of drug-likeness (QED) is 0.578. The van der Waals surface area contributed by atoms with Gasteiger partial charge in [0, 0.05) is 29.7 Å². The summed E-state index contributed by atoms with van der Waals surface area (Å²) in [4.78, 5) is 16.7. The Morgan fingerprint density at radius 2 is 2.08 bits per heavy atom. The van der Waals surface area contributed by atoms with Gasteiger partial charge in [0.1, 0.15) is 5.52 Å². The molecule has 0 saturated heterocycles. The average Bonchev–Trinajstić information content (AvgIpc) is 3.21. The lowest BCUT2D eigenvalue weighted by atomic mass is 9.86. The van der Waals surface area contributed by atoms with Crippen molar-refractivity contribution in [1.82, 2.24) is 9.38 Å². The number of pyridine rings is 1. The number of carbonyl (C=O) groups excluding carboxylic acids is 1. The molecule has 5 heteroatoms. The number of nitrogens with one attached hydrogen (secondary N) is 1. The Hall–Kier alpha value is -3.08. The third kappa shape index (κ3) is 1.69. The van der Waals surface area contributed by atoms with Gasteiger partial charge in [0.05, 0.1) is 11.0 Å². The van der Waals surface area contributed by atoms with Crippen LogP contribution in [-0.4, -0.2) is 15.3 Å². The lowest BCUT2D eigenvalue weighted by molar-refractivity contribution is -0.119. The molecule has 1 N–H and O–H groups in total. The third-order valence-electron chi connectivity index (χ3n) is 4.77. The van der Waals surface area contributed by atoms with Crippen LogP contribution < -0.4 is 5.32 Å². The Bertz CT molecular complexity index is 1100. The van der Waals surface area contributed by atoms with E-state index in [0.29, 0.717) is 11.5 Å². The van der Waals surface area contributed by atoms with Gasteiger partial charge in [0.25, 0.3) is 0 Å². The normalized spacial score (nSPS) is 15.8. The first-order valence-electron chi connectivity index (χ1n) is 7.86. The number of hydrogen-bond donors (Lipinski definition) is 1. The van der Waals surface area contributed by atoms with Crippen molar-refractivity contribution in [3.8, 4) is 11.5 Å². The number of fused-ring (bicyclic) bond motifs is 3. The number of nitrogens with zero attached hydrogens (tertiary/aromatic N) is 2. The first-order chi connectivity index (χ1) is 11.5. The SMILES string of the molecule is CC1(C)C(=O)Nc2cc3oc(-c4cc5ccccn5c4)nc3cc21. The highest BCUT2D eigenvalue weighted by Crippen LogP contribution is 2.40. The highest BCUT2D eigenvalue weighted by Gasteiger charge is 2.39. The average molecular weight is 317 g/mol. The minimum Gasteiger partial charge on any atom is -0.436 e. The van der Waals surface area contributed by atoms with Gasteiger partial charge in [-0.3, -0.25) is 4.79 Å². The van der Waals surface area contributed by atoms with Crippen molar-refractivity contribution in [2.45, 2.75) is 19.3 Å². The summed E-state index contributed by atoms with van der Waals surface area (Å²) in [7, 11) is 0. The number of anilines is 1. The fourth-order valence-electron chi connectivity index (χ4n) is 3.29. The van der Waals surface area contributed by atoms with E-state index in [4.69, 9.17) is 4.42 Å². The van der Waals surface area contributed by atoms with Crippen molar-refractivity contribution >= 4 is 28.2 Å². The number of aromatic nitrogens is 2. The number of oxazole rings is 1. The van der Waals surface area contributed by atoms with Gasteiger partial charge >= 0.3 is 0 Å². The van der Waals surface area contributed by atoms with Gasteiger partial charge in [-0.25, -0.2) is 4.98 Å². The van der Waals surface area contributed by atoms with Gasteiger partial charge in [-0.2, -0.15) is 0 Å². The molecule has 1 aliphatic heterocycles. The predicted molar refractivity (Wildman–Crippen MR) is 92.1 cm³/mol. The fraction of sp³-hybridized carbons (Fsp3) is 0.158. The number of rotatable bonds is 1. The van der Waals surface area contributed by atoms with E-state index < -0.39 is 5.41 Å². The molecule has 4 aromatic rings. The van der Waals surface area contributed by atoms with Crippen LogP contribution in [0.5, 0.6) is 0 Å². The van der Waals surface area contributed by atoms with Crippen molar-refractivity contribution in [2.24, 2.45) is 0 Å². The molecule has 0 atom stereocenters. The molecule has 1 amide bonds. The molecule has 118 valence electrons. The summed E-state index contributed by atoms with van der Waals surface area (Å²) >= 11 is 0. The summed E-state index contributed by atoms with van der Waals surface area (Å²) in [6.07, 6.45) is 3.99. The molecular weight excluding hydrogens is 302 g/mol. The Morgan fingerprint density at radius 3 is 2.92 bits per heavy atom. The standard InChI is InChI=1S/C19H15N3O2/c1-19(2)13-8-15-16(9-14(13)21-18(19)23)24-17(20-15)11-7-12-5-3-4-6-22(12)10-11/h3-10H,1-2H3,(H,21,23). The predicted octanol–water partition coefficient (Wildman–Crippen LogP) is 3.98. The van der Waals surface area contributed by atoms with E-state index in [1.165, 1.54) is 0 Å². The minimum absolute atomic E-state index is 0.00376. The van der Waals surface area contributed by atoms with Crippen molar-refractivity contribution in [1.29, 1.82) is 0 Å². The van der Waals surface area contributed by atoms with E-state index in [1.54, 1.807) is 0 Å². The van der Waals surface area contributed by atoms with E-state index >= 15 is 0 Å². The van der Waals surface area contributed by atoms with Gasteiger partial charge in [-0.15, -0.1) is 0 Å². The number of amides is 1. The van der Waals surface area contributed by atoms with E-state index in [1.807, 2.05) is 67.0 Å². The van der Waals surface area contributed by atoms with Crippen molar-refractivity contribution in [3.63, 3.8) is 0 Å². The Morgan fingerprint density at radius 1 is 1.21 bits per heavy atom. The molecule has 0 radical (unpaired) electrons. The van der Waals surface area contributed by atoms with E-state index in [0.717, 1.165) is 27.8 Å². The van der Waals surface area contributed by atoms with Gasteiger partial charge in [-0.05, 0) is 43.7 Å². The molecule has 0 unspecified atom stereocenters. The summed E-state index contributed by atoms with van der Waals surface area (Å²) in [5, 5.41) is 2.92. The number of carbonyl (C=O) groups is 1. The lowest BCUT2D eigenvalue weighted by Crippen LogP contribution is -2.26. The lowest BCUT2D eigenvalue weighted by Gasteiger charge is -2.14. The van der Waals surface area contributed by atoms with E-state index in [9.17, 15) is 4.79 Å². The van der Waals surface area contributed by atoms with Crippen LogP contribution in [0, 0.1) is 0 Å². The summed E-state index contributed by atoms with van der Waals surface area (Å²) in [6, 6.07) is 11.9. The molecule has 0 fully saturated rings. The summed E-state index contributed by atoms with van der Waals surface area (Å²) < 4.78 is 7.97. The van der Waals surface area contributed by atoms with E-state index in [-0.39, 0.29) is 5.91 Å². The van der Waals surface area contributed by atoms with Crippen LogP contribution in [0.15, 0.2) is 53.2 Å². The van der Waals surface area contributed by atoms with Crippen LogP contribution in [0.25, 0.3) is 28.1 Å². The molecule has 5 nitrogen and oxygen atoms in total. The maximum absolute atomic E-state index is 12.1. The minimum atomic E-state index is -0.548. The van der Waals surface area contributed by atoms with Gasteiger partial charge in [0.15, 0.2) is 5.58 Å². The molecule has 1 aliphatic rings. The fourth-order valence-corrected chi connectivity index (χ4v) is 3.29. The van der Waals surface area contributed by atoms with Crippen LogP contribution in [-0.2, 0) is 10.2 Å². The molecule has 24 heavy (non-hydrogen) atoms. The topological polar surface area (TPSA) is 59.5 Å². The Kier molecular flexibility index (Phi) is 2.37. The molecule has 0 saturated carbocycles. The molecule has 0 bridgehead atoms. The number of hydrogen-bond acceptors (Lipinski definition) is 3. The first kappa shape index (κ1) is 13.4. The highest BCUT2D eigenvalue weighted by atomic mass is 16.3. The zero-order valence-electron chi connectivity index (χ0n) is 13.3. The summed E-state index contributed by atoms with van der Waals surface area (Å²) in [6.45, 7) is 3.84. The third-order valence-corrected chi connectivity index (χ3v) is 4.77. The van der Waals surface area contributed by atoms with Crippen molar-refractivity contribution < 1.29 is 9.21 Å². The second-order valence-electron chi connectivity index (χ2n) is 6.73. The number of benzene rings is 1. The molecule has 3 aromatic heterocycles. The molecule has 0 aliphatic carbocycles. The zero-order chi connectivity index (χ0) is 16.5. The molecule has 0 spiro atoms. The zero-order valence-corrected chi connectivity index (χ0v) is 13.3. The van der Waals surface area contributed by atoms with Crippen molar-refractivity contribution in [2.75, 3.05) is 5.32 Å². The van der Waals surface area contributed by atoms with Crippen molar-refractivity contribution in [3.05, 3.63) is 54.4 Å². The van der Waals surface area contributed by atoms with Crippen LogP contribution in [0.4, 0.5) is 5.69 Å². The summed E-state index contributed by atoms with van der Waals surface area (Å²) in [5.41, 5.74) is 4.68. The maximum Gasteiger partial charge on any atom is 0.234 e. The Balaban J connectivity index is 1.68. The van der Waals surface area contributed by atoms with Crippen LogP contribution in [0.1, 0.15) is 19.4 Å². The van der Waals surface area contributed by atoms with Gasteiger partial charge in [-0.1, -0.05) is 6.07 Å². The van der Waals surface area contributed by atoms with Crippen LogP contribution in [0.2, 0.25) is 0 Å². The van der Waals surface area contributed by atoms with Crippen LogP contribution in [0.3, 0.4) is 0 Å².